The molecule has 1 amide bonds. The van der Waals surface area contributed by atoms with Crippen LogP contribution in [0, 0.1) is 0 Å². The first kappa shape index (κ1) is 11.0. The molecule has 1 aliphatic heterocycles. The topological polar surface area (TPSA) is 123 Å². The summed E-state index contributed by atoms with van der Waals surface area (Å²) in [5.41, 5.74) is 4.99. The molecular weight excluding hydrogens is 216 g/mol. The van der Waals surface area contributed by atoms with Gasteiger partial charge in [-0.25, -0.2) is 9.67 Å². The Morgan fingerprint density at radius 1 is 1.56 bits per heavy atom. The molecule has 2 heterocycles. The van der Waals surface area contributed by atoms with Crippen molar-refractivity contribution >= 4 is 5.91 Å². The summed E-state index contributed by atoms with van der Waals surface area (Å²) in [5, 5.41) is 22.9. The van der Waals surface area contributed by atoms with Crippen molar-refractivity contribution in [2.24, 2.45) is 5.73 Å². The van der Waals surface area contributed by atoms with Crippen LogP contribution in [0.15, 0.2) is 6.33 Å². The van der Waals surface area contributed by atoms with Crippen molar-refractivity contribution < 1.29 is 19.7 Å². The van der Waals surface area contributed by atoms with Crippen molar-refractivity contribution in [3.05, 3.63) is 12.2 Å². The highest BCUT2D eigenvalue weighted by atomic mass is 16.6. The third-order valence-corrected chi connectivity index (χ3v) is 2.47. The molecule has 0 spiro atoms. The van der Waals surface area contributed by atoms with Crippen LogP contribution in [0.1, 0.15) is 23.8 Å². The van der Waals surface area contributed by atoms with Gasteiger partial charge in [-0.15, -0.1) is 5.10 Å². The molecule has 1 aliphatic rings. The van der Waals surface area contributed by atoms with Crippen LogP contribution in [0.3, 0.4) is 0 Å². The van der Waals surface area contributed by atoms with E-state index in [2.05, 4.69) is 10.1 Å². The maximum absolute atomic E-state index is 10.8. The van der Waals surface area contributed by atoms with Gasteiger partial charge in [-0.05, 0) is 6.92 Å². The molecule has 1 aromatic heterocycles. The second-order valence-electron chi connectivity index (χ2n) is 3.63. The highest BCUT2D eigenvalue weighted by Gasteiger charge is 2.41. The summed E-state index contributed by atoms with van der Waals surface area (Å²) >= 11 is 0. The zero-order valence-electron chi connectivity index (χ0n) is 8.52. The Morgan fingerprint density at radius 2 is 2.25 bits per heavy atom. The van der Waals surface area contributed by atoms with Crippen molar-refractivity contribution in [3.63, 3.8) is 0 Å². The van der Waals surface area contributed by atoms with Crippen LogP contribution in [0.5, 0.6) is 0 Å². The lowest BCUT2D eigenvalue weighted by Gasteiger charge is -2.13. The predicted octanol–water partition coefficient (Wildman–Crippen LogP) is -1.98. The van der Waals surface area contributed by atoms with Crippen molar-refractivity contribution in [2.45, 2.75) is 31.5 Å². The molecular formula is C8H12N4O4. The number of carbonyl (C=O) groups excluding carboxylic acids is 1. The molecule has 0 aromatic carbocycles. The fourth-order valence-corrected chi connectivity index (χ4v) is 1.56. The Kier molecular flexibility index (Phi) is 2.62. The Labute approximate surface area is 90.6 Å². The molecule has 1 aromatic rings. The van der Waals surface area contributed by atoms with Gasteiger partial charge in [-0.1, -0.05) is 0 Å². The molecule has 2 rings (SSSR count). The molecule has 4 N–H and O–H groups in total. The molecule has 4 atom stereocenters. The second-order valence-corrected chi connectivity index (χ2v) is 3.63. The number of hydrogen-bond donors (Lipinski definition) is 3. The maximum Gasteiger partial charge on any atom is 0.288 e. The monoisotopic (exact) mass is 228 g/mol. The van der Waals surface area contributed by atoms with Gasteiger partial charge in [0, 0.05) is 0 Å². The van der Waals surface area contributed by atoms with Crippen LogP contribution < -0.4 is 5.73 Å². The van der Waals surface area contributed by atoms with Crippen LogP contribution in [0.25, 0.3) is 0 Å². The predicted molar refractivity (Wildman–Crippen MR) is 50.1 cm³/mol. The van der Waals surface area contributed by atoms with E-state index < -0.39 is 30.4 Å². The third-order valence-electron chi connectivity index (χ3n) is 2.47. The SMILES string of the molecule is C[C@H]1O[C@@H](n2cnc(C(N)=O)n2)[C@H](O)[C@H]1O. The highest BCUT2D eigenvalue weighted by Crippen LogP contribution is 2.28. The highest BCUT2D eigenvalue weighted by molar-refractivity contribution is 5.88. The summed E-state index contributed by atoms with van der Waals surface area (Å²) in [5.74, 6) is -0.926. The minimum atomic E-state index is -1.11. The number of hydrogen-bond acceptors (Lipinski definition) is 6. The van der Waals surface area contributed by atoms with Gasteiger partial charge in [0.25, 0.3) is 5.91 Å². The van der Waals surface area contributed by atoms with E-state index in [9.17, 15) is 15.0 Å². The van der Waals surface area contributed by atoms with E-state index in [1.54, 1.807) is 6.92 Å². The minimum Gasteiger partial charge on any atom is -0.388 e. The molecule has 1 saturated heterocycles. The number of carbonyl (C=O) groups is 1. The third kappa shape index (κ3) is 1.66. The molecule has 8 heteroatoms. The van der Waals surface area contributed by atoms with E-state index in [4.69, 9.17) is 10.5 Å². The normalized spacial score (nSPS) is 34.2. The number of primary amides is 1. The summed E-state index contributed by atoms with van der Waals surface area (Å²) in [6.45, 7) is 1.62. The molecule has 8 nitrogen and oxygen atoms in total. The lowest BCUT2D eigenvalue weighted by atomic mass is 10.1. The quantitative estimate of drug-likeness (QED) is 0.538. The summed E-state index contributed by atoms with van der Waals surface area (Å²) in [4.78, 5) is 14.4. The lowest BCUT2D eigenvalue weighted by molar-refractivity contribution is -0.0400. The van der Waals surface area contributed by atoms with Crippen LogP contribution >= 0.6 is 0 Å². The zero-order chi connectivity index (χ0) is 11.9. The number of nitrogens with two attached hydrogens (primary N) is 1. The Hall–Kier alpha value is -1.51. The summed E-state index contributed by atoms with van der Waals surface area (Å²) in [7, 11) is 0. The standard InChI is InChI=1S/C8H12N4O4/c1-3-4(13)5(14)8(16-3)12-2-10-7(11-12)6(9)15/h2-5,8,13-14H,1H3,(H2,9,15)/t3-,4+,5-,8-/m1/s1. The largest absolute Gasteiger partial charge is 0.388 e. The van der Waals surface area contributed by atoms with Gasteiger partial charge < -0.3 is 20.7 Å². The van der Waals surface area contributed by atoms with E-state index in [-0.39, 0.29) is 5.82 Å². The lowest BCUT2D eigenvalue weighted by Crippen LogP contribution is -2.30. The van der Waals surface area contributed by atoms with Crippen molar-refractivity contribution in [3.8, 4) is 0 Å². The first-order valence-electron chi connectivity index (χ1n) is 4.73. The molecule has 0 saturated carbocycles. The van der Waals surface area contributed by atoms with Gasteiger partial charge in [0.1, 0.15) is 18.5 Å². The van der Waals surface area contributed by atoms with Crippen LogP contribution in [-0.4, -0.2) is 49.2 Å². The number of aliphatic hydroxyl groups excluding tert-OH is 2. The minimum absolute atomic E-state index is 0.162. The first-order chi connectivity index (χ1) is 7.50. The van der Waals surface area contributed by atoms with Crippen molar-refractivity contribution in [2.75, 3.05) is 0 Å². The van der Waals surface area contributed by atoms with Crippen LogP contribution in [0.4, 0.5) is 0 Å². The van der Waals surface area contributed by atoms with E-state index in [1.165, 1.54) is 6.33 Å². The fraction of sp³-hybridized carbons (Fsp3) is 0.625. The Balaban J connectivity index is 2.21. The Bertz CT molecular complexity index is 406. The fourth-order valence-electron chi connectivity index (χ4n) is 1.56. The van der Waals surface area contributed by atoms with Gasteiger partial charge in [0.05, 0.1) is 6.10 Å². The molecule has 0 bridgehead atoms. The maximum atomic E-state index is 10.8. The number of ether oxygens (including phenoxy) is 1. The number of aliphatic hydroxyl groups is 2. The number of amides is 1. The second kappa shape index (κ2) is 3.81. The molecule has 1 fully saturated rings. The molecule has 0 radical (unpaired) electrons. The molecule has 0 aliphatic carbocycles. The number of rotatable bonds is 2. The van der Waals surface area contributed by atoms with Crippen molar-refractivity contribution in [1.29, 1.82) is 0 Å². The Morgan fingerprint density at radius 3 is 2.69 bits per heavy atom. The van der Waals surface area contributed by atoms with Crippen molar-refractivity contribution in [1.82, 2.24) is 14.8 Å². The van der Waals surface area contributed by atoms with E-state index >= 15 is 0 Å². The molecule has 88 valence electrons. The smallest absolute Gasteiger partial charge is 0.288 e. The summed E-state index contributed by atoms with van der Waals surface area (Å²) in [6, 6.07) is 0. The average Bonchev–Trinajstić information content (AvgIpc) is 2.79. The zero-order valence-corrected chi connectivity index (χ0v) is 8.52. The molecule has 16 heavy (non-hydrogen) atoms. The van der Waals surface area contributed by atoms with E-state index in [0.717, 1.165) is 4.68 Å². The van der Waals surface area contributed by atoms with Gasteiger partial charge in [0.2, 0.25) is 5.82 Å². The summed E-state index contributed by atoms with van der Waals surface area (Å²) < 4.78 is 6.44. The van der Waals surface area contributed by atoms with E-state index in [1.807, 2.05) is 0 Å². The average molecular weight is 228 g/mol. The van der Waals surface area contributed by atoms with Crippen LogP contribution in [-0.2, 0) is 4.74 Å². The summed E-state index contributed by atoms with van der Waals surface area (Å²) in [6.07, 6.45) is -2.26. The van der Waals surface area contributed by atoms with Crippen LogP contribution in [0.2, 0.25) is 0 Å². The first-order valence-corrected chi connectivity index (χ1v) is 4.73. The van der Waals surface area contributed by atoms with E-state index in [0.29, 0.717) is 0 Å². The van der Waals surface area contributed by atoms with Gasteiger partial charge in [0.15, 0.2) is 6.23 Å². The van der Waals surface area contributed by atoms with Gasteiger partial charge >= 0.3 is 0 Å². The molecule has 0 unspecified atom stereocenters. The number of aromatic nitrogens is 3. The van der Waals surface area contributed by atoms with Gasteiger partial charge in [-0.2, -0.15) is 0 Å². The number of nitrogens with zero attached hydrogens (tertiary/aromatic N) is 3. The van der Waals surface area contributed by atoms with Gasteiger partial charge in [-0.3, -0.25) is 4.79 Å².